The molecule has 1 amide bonds. The molecule has 0 aliphatic carbocycles. The molecule has 3 rings (SSSR count). The highest BCUT2D eigenvalue weighted by atomic mass is 32.2. The van der Waals surface area contributed by atoms with E-state index in [-0.39, 0.29) is 28.5 Å². The molecule has 3 nitrogen and oxygen atoms in total. The van der Waals surface area contributed by atoms with Crippen molar-refractivity contribution < 1.29 is 18.3 Å². The van der Waals surface area contributed by atoms with Gasteiger partial charge >= 0.3 is 0 Å². The van der Waals surface area contributed by atoms with E-state index < -0.39 is 0 Å². The summed E-state index contributed by atoms with van der Waals surface area (Å²) in [6, 6.07) is 19.8. The van der Waals surface area contributed by atoms with Crippen LogP contribution in [0.5, 0.6) is 5.75 Å². The first-order valence-electron chi connectivity index (χ1n) is 9.07. The van der Waals surface area contributed by atoms with E-state index in [1.165, 1.54) is 36.0 Å². The molecule has 0 aliphatic rings. The maximum Gasteiger partial charge on any atom is 0.230 e. The van der Waals surface area contributed by atoms with Gasteiger partial charge in [0.15, 0.2) is 0 Å². The van der Waals surface area contributed by atoms with Crippen molar-refractivity contribution in [2.24, 2.45) is 0 Å². The molecule has 0 heterocycles. The molecule has 6 heteroatoms. The van der Waals surface area contributed by atoms with Crippen LogP contribution in [0.25, 0.3) is 0 Å². The molecule has 1 N–H and O–H groups in total. The fourth-order valence-corrected chi connectivity index (χ4v) is 3.97. The second kappa shape index (κ2) is 10.1. The molecular formula is C23H21F2NO2S. The molecule has 0 aliphatic heterocycles. The molecule has 0 saturated carbocycles. The van der Waals surface area contributed by atoms with Crippen molar-refractivity contribution in [3.63, 3.8) is 0 Å². The van der Waals surface area contributed by atoms with Gasteiger partial charge in [-0.2, -0.15) is 0 Å². The van der Waals surface area contributed by atoms with Gasteiger partial charge in [0.1, 0.15) is 17.4 Å². The molecule has 0 spiro atoms. The third kappa shape index (κ3) is 6.06. The van der Waals surface area contributed by atoms with Crippen LogP contribution in [0.2, 0.25) is 0 Å². The lowest BCUT2D eigenvalue weighted by molar-refractivity contribution is -0.118. The molecule has 0 aromatic heterocycles. The molecule has 0 bridgehead atoms. The first-order chi connectivity index (χ1) is 14.0. The van der Waals surface area contributed by atoms with Crippen molar-refractivity contribution in [2.45, 2.75) is 11.8 Å². The van der Waals surface area contributed by atoms with Gasteiger partial charge in [-0.15, -0.1) is 11.8 Å². The van der Waals surface area contributed by atoms with Crippen LogP contribution in [0, 0.1) is 11.6 Å². The topological polar surface area (TPSA) is 38.3 Å². The molecule has 29 heavy (non-hydrogen) atoms. The van der Waals surface area contributed by atoms with Crippen molar-refractivity contribution in [1.29, 1.82) is 0 Å². The predicted molar refractivity (Wildman–Crippen MR) is 112 cm³/mol. The number of thioether (sulfide) groups is 1. The second-order valence-corrected chi connectivity index (χ2v) is 7.52. The molecular weight excluding hydrogens is 392 g/mol. The minimum atomic E-state index is -0.326. The number of carbonyl (C=O) groups is 1. The second-order valence-electron chi connectivity index (χ2n) is 6.42. The van der Waals surface area contributed by atoms with Gasteiger partial charge in [-0.1, -0.05) is 36.4 Å². The lowest BCUT2D eigenvalue weighted by Crippen LogP contribution is -2.25. The van der Waals surface area contributed by atoms with Gasteiger partial charge in [-0.25, -0.2) is 8.78 Å². The minimum absolute atomic E-state index is 0.118. The highest BCUT2D eigenvalue weighted by Gasteiger charge is 2.17. The number of amides is 1. The van der Waals surface area contributed by atoms with Crippen molar-refractivity contribution in [1.82, 2.24) is 5.32 Å². The van der Waals surface area contributed by atoms with Gasteiger partial charge in [0, 0.05) is 6.54 Å². The Bertz CT molecular complexity index is 900. The Kier molecular flexibility index (Phi) is 7.25. The number of methoxy groups -OCH3 is 1. The Balaban J connectivity index is 1.65. The van der Waals surface area contributed by atoms with Crippen molar-refractivity contribution >= 4 is 17.7 Å². The summed E-state index contributed by atoms with van der Waals surface area (Å²) in [4.78, 5) is 12.4. The number of hydrogen-bond donors (Lipinski definition) is 1. The summed E-state index contributed by atoms with van der Waals surface area (Å²) in [6.07, 6.45) is 0. The van der Waals surface area contributed by atoms with E-state index in [1.807, 2.05) is 24.3 Å². The third-order valence-corrected chi connectivity index (χ3v) is 5.66. The van der Waals surface area contributed by atoms with Crippen LogP contribution >= 0.6 is 11.8 Å². The summed E-state index contributed by atoms with van der Waals surface area (Å²) in [7, 11) is 1.60. The van der Waals surface area contributed by atoms with E-state index in [9.17, 15) is 13.6 Å². The highest BCUT2D eigenvalue weighted by molar-refractivity contribution is 8.00. The Morgan fingerprint density at radius 1 is 0.966 bits per heavy atom. The van der Waals surface area contributed by atoms with Crippen LogP contribution in [-0.2, 0) is 11.3 Å². The van der Waals surface area contributed by atoms with E-state index in [0.29, 0.717) is 6.54 Å². The quantitative estimate of drug-likeness (QED) is 0.558. The summed E-state index contributed by atoms with van der Waals surface area (Å²) in [5.41, 5.74) is 2.64. The first kappa shape index (κ1) is 20.9. The van der Waals surface area contributed by atoms with E-state index in [0.717, 1.165) is 22.4 Å². The molecule has 0 atom stereocenters. The van der Waals surface area contributed by atoms with Crippen LogP contribution in [0.4, 0.5) is 8.78 Å². The largest absolute Gasteiger partial charge is 0.497 e. The number of halogens is 2. The third-order valence-electron chi connectivity index (χ3n) is 4.35. The Morgan fingerprint density at radius 2 is 1.55 bits per heavy atom. The fourth-order valence-electron chi connectivity index (χ4n) is 2.85. The van der Waals surface area contributed by atoms with E-state index >= 15 is 0 Å². The normalized spacial score (nSPS) is 10.8. The molecule has 0 unspecified atom stereocenters. The fraction of sp³-hybridized carbons (Fsp3) is 0.174. The number of rotatable bonds is 8. The lowest BCUT2D eigenvalue weighted by atomic mass is 10.0. The van der Waals surface area contributed by atoms with Crippen molar-refractivity contribution in [3.05, 3.63) is 101 Å². The Labute approximate surface area is 173 Å². The molecule has 3 aromatic rings. The van der Waals surface area contributed by atoms with E-state index in [4.69, 9.17) is 4.74 Å². The van der Waals surface area contributed by atoms with Gasteiger partial charge < -0.3 is 10.1 Å². The zero-order chi connectivity index (χ0) is 20.6. The zero-order valence-electron chi connectivity index (χ0n) is 15.9. The van der Waals surface area contributed by atoms with Crippen LogP contribution in [0.1, 0.15) is 21.9 Å². The maximum atomic E-state index is 13.3. The SMILES string of the molecule is COc1cccc(CNC(=O)CSC(c2ccc(F)cc2)c2ccc(F)cc2)c1. The number of ether oxygens (including phenoxy) is 1. The number of nitrogens with one attached hydrogen (secondary N) is 1. The highest BCUT2D eigenvalue weighted by Crippen LogP contribution is 2.35. The lowest BCUT2D eigenvalue weighted by Gasteiger charge is -2.18. The van der Waals surface area contributed by atoms with Crippen LogP contribution in [0.3, 0.4) is 0 Å². The molecule has 0 radical (unpaired) electrons. The maximum absolute atomic E-state index is 13.3. The average molecular weight is 413 g/mol. The first-order valence-corrected chi connectivity index (χ1v) is 10.1. The number of carbonyl (C=O) groups excluding carboxylic acids is 1. The monoisotopic (exact) mass is 413 g/mol. The van der Waals surface area contributed by atoms with Gasteiger partial charge in [0.25, 0.3) is 0 Å². The van der Waals surface area contributed by atoms with Crippen molar-refractivity contribution in [3.8, 4) is 5.75 Å². The number of benzene rings is 3. The van der Waals surface area contributed by atoms with Crippen molar-refractivity contribution in [2.75, 3.05) is 12.9 Å². The van der Waals surface area contributed by atoms with Crippen LogP contribution in [-0.4, -0.2) is 18.8 Å². The minimum Gasteiger partial charge on any atom is -0.497 e. The molecule has 3 aromatic carbocycles. The smallest absolute Gasteiger partial charge is 0.230 e. The predicted octanol–water partition coefficient (Wildman–Crippen LogP) is 5.11. The van der Waals surface area contributed by atoms with Gasteiger partial charge in [-0.3, -0.25) is 4.79 Å². The van der Waals surface area contributed by atoms with Gasteiger partial charge in [-0.05, 0) is 53.1 Å². The standard InChI is InChI=1S/C23H21F2NO2S/c1-28-21-4-2-3-16(13-21)14-26-22(27)15-29-23(17-5-9-19(24)10-6-17)18-7-11-20(25)12-8-18/h2-13,23H,14-15H2,1H3,(H,26,27). The van der Waals surface area contributed by atoms with E-state index in [1.54, 1.807) is 31.4 Å². The molecule has 0 fully saturated rings. The summed E-state index contributed by atoms with van der Waals surface area (Å²) in [5.74, 6) is 0.176. The van der Waals surface area contributed by atoms with Crippen LogP contribution in [0.15, 0.2) is 72.8 Å². The zero-order valence-corrected chi connectivity index (χ0v) is 16.7. The van der Waals surface area contributed by atoms with Crippen LogP contribution < -0.4 is 10.1 Å². The molecule has 150 valence electrons. The summed E-state index contributed by atoms with van der Waals surface area (Å²) in [6.45, 7) is 0.397. The molecule has 0 saturated heterocycles. The summed E-state index contributed by atoms with van der Waals surface area (Å²) >= 11 is 1.41. The Morgan fingerprint density at radius 3 is 2.10 bits per heavy atom. The van der Waals surface area contributed by atoms with Gasteiger partial charge in [0.05, 0.1) is 18.1 Å². The van der Waals surface area contributed by atoms with E-state index in [2.05, 4.69) is 5.32 Å². The van der Waals surface area contributed by atoms with Gasteiger partial charge in [0.2, 0.25) is 5.91 Å². The number of hydrogen-bond acceptors (Lipinski definition) is 3. The summed E-state index contributed by atoms with van der Waals surface area (Å²) < 4.78 is 31.8. The Hall–Kier alpha value is -2.86. The average Bonchev–Trinajstić information content (AvgIpc) is 2.75. The summed E-state index contributed by atoms with van der Waals surface area (Å²) in [5, 5.41) is 2.68.